The molecular formula is C32H39ClN4O3. The highest BCUT2D eigenvalue weighted by atomic mass is 35.5. The first-order chi connectivity index (χ1) is 19.4. The van der Waals surface area contributed by atoms with Gasteiger partial charge < -0.3 is 24.8 Å². The van der Waals surface area contributed by atoms with Crippen molar-refractivity contribution >= 4 is 29.3 Å². The number of carbonyl (C=O) groups excluding carboxylic acids is 2. The number of hydrogen-bond acceptors (Lipinski definition) is 5. The third kappa shape index (κ3) is 8.31. The van der Waals surface area contributed by atoms with Gasteiger partial charge in [-0.15, -0.1) is 0 Å². The fourth-order valence-corrected chi connectivity index (χ4v) is 5.32. The topological polar surface area (TPSA) is 65.1 Å². The lowest BCUT2D eigenvalue weighted by atomic mass is 9.88. The van der Waals surface area contributed by atoms with Crippen LogP contribution in [0.2, 0.25) is 5.02 Å². The standard InChI is InChI=1S/C32H39ClN4O3/c1-35-20-22-36(23-21-35)17-9-18-37(32(39)34-27-14-15-30(33)29(24-27)31(38)40-2)19-16-28(25-10-5-3-6-11-25)26-12-7-4-8-13-26/h3-8,10-15,24,28H,9,16-23H2,1-2H3,(H,34,39). The normalized spacial score (nSPS) is 14.2. The van der Waals surface area contributed by atoms with Gasteiger partial charge in [0.15, 0.2) is 0 Å². The summed E-state index contributed by atoms with van der Waals surface area (Å²) in [6.45, 7) is 6.40. The molecule has 8 heteroatoms. The number of urea groups is 1. The quantitative estimate of drug-likeness (QED) is 0.298. The molecule has 0 atom stereocenters. The molecule has 1 fully saturated rings. The van der Waals surface area contributed by atoms with Gasteiger partial charge in [-0.25, -0.2) is 9.59 Å². The number of amides is 2. The number of esters is 1. The number of halogens is 1. The Hall–Kier alpha value is -3.39. The number of nitrogens with one attached hydrogen (secondary N) is 1. The Morgan fingerprint density at radius 1 is 0.925 bits per heavy atom. The minimum atomic E-state index is -0.543. The Bertz CT molecular complexity index is 1190. The van der Waals surface area contributed by atoms with Crippen molar-refractivity contribution < 1.29 is 14.3 Å². The minimum Gasteiger partial charge on any atom is -0.465 e. The van der Waals surface area contributed by atoms with E-state index in [1.807, 2.05) is 17.0 Å². The molecule has 1 aliphatic heterocycles. The van der Waals surface area contributed by atoms with Crippen molar-refractivity contribution in [2.75, 3.05) is 65.3 Å². The minimum absolute atomic E-state index is 0.164. The predicted octanol–water partition coefficient (Wildman–Crippen LogP) is 5.82. The largest absolute Gasteiger partial charge is 0.465 e. The number of benzene rings is 3. The van der Waals surface area contributed by atoms with Gasteiger partial charge in [0.1, 0.15) is 0 Å². The molecule has 0 bridgehead atoms. The van der Waals surface area contributed by atoms with Crippen molar-refractivity contribution in [3.8, 4) is 0 Å². The summed E-state index contributed by atoms with van der Waals surface area (Å²) in [6, 6.07) is 25.6. The summed E-state index contributed by atoms with van der Waals surface area (Å²) in [6.07, 6.45) is 1.66. The van der Waals surface area contributed by atoms with Crippen molar-refractivity contribution in [2.24, 2.45) is 0 Å². The van der Waals surface area contributed by atoms with Gasteiger partial charge in [-0.3, -0.25) is 0 Å². The van der Waals surface area contributed by atoms with Crippen LogP contribution in [0.5, 0.6) is 0 Å². The molecule has 1 aliphatic rings. The molecule has 0 radical (unpaired) electrons. The van der Waals surface area contributed by atoms with Crippen molar-refractivity contribution in [3.05, 3.63) is 101 Å². The smallest absolute Gasteiger partial charge is 0.339 e. The van der Waals surface area contributed by atoms with Crippen LogP contribution >= 0.6 is 11.6 Å². The number of rotatable bonds is 11. The summed E-state index contributed by atoms with van der Waals surface area (Å²) < 4.78 is 4.84. The summed E-state index contributed by atoms with van der Waals surface area (Å²) in [4.78, 5) is 32.4. The van der Waals surface area contributed by atoms with E-state index in [9.17, 15) is 9.59 Å². The maximum Gasteiger partial charge on any atom is 0.339 e. The molecule has 0 saturated carbocycles. The summed E-state index contributed by atoms with van der Waals surface area (Å²) >= 11 is 6.19. The highest BCUT2D eigenvalue weighted by Gasteiger charge is 2.21. The zero-order valence-corrected chi connectivity index (χ0v) is 24.1. The molecule has 1 N–H and O–H groups in total. The van der Waals surface area contributed by atoms with Crippen LogP contribution in [-0.4, -0.2) is 86.7 Å². The Morgan fingerprint density at radius 2 is 1.55 bits per heavy atom. The Balaban J connectivity index is 1.49. The molecule has 212 valence electrons. The number of piperazine rings is 1. The summed E-state index contributed by atoms with van der Waals surface area (Å²) in [5.74, 6) is -0.379. The van der Waals surface area contributed by atoms with Crippen LogP contribution in [0.25, 0.3) is 0 Å². The second-order valence-electron chi connectivity index (χ2n) is 10.3. The average Bonchev–Trinajstić information content (AvgIpc) is 2.99. The molecule has 0 aromatic heterocycles. The SMILES string of the molecule is COC(=O)c1cc(NC(=O)N(CCCN2CCN(C)CC2)CCC(c2ccccc2)c2ccccc2)ccc1Cl. The molecule has 4 rings (SSSR count). The zero-order valence-electron chi connectivity index (χ0n) is 23.4. The molecule has 1 heterocycles. The molecule has 7 nitrogen and oxygen atoms in total. The fraction of sp³-hybridized carbons (Fsp3) is 0.375. The first-order valence-corrected chi connectivity index (χ1v) is 14.3. The van der Waals surface area contributed by atoms with Crippen LogP contribution in [0.3, 0.4) is 0 Å². The summed E-state index contributed by atoms with van der Waals surface area (Å²) in [5, 5.41) is 3.27. The molecule has 0 spiro atoms. The predicted molar refractivity (Wildman–Crippen MR) is 161 cm³/mol. The molecule has 0 aliphatic carbocycles. The van der Waals surface area contributed by atoms with Gasteiger partial charge in [0.2, 0.25) is 0 Å². The van der Waals surface area contributed by atoms with E-state index in [4.69, 9.17) is 16.3 Å². The second kappa shape index (κ2) is 14.8. The lowest BCUT2D eigenvalue weighted by Gasteiger charge is -2.33. The first-order valence-electron chi connectivity index (χ1n) is 13.9. The van der Waals surface area contributed by atoms with Crippen molar-refractivity contribution in [1.29, 1.82) is 0 Å². The van der Waals surface area contributed by atoms with Crippen LogP contribution in [0.1, 0.15) is 40.2 Å². The van der Waals surface area contributed by atoms with Gasteiger partial charge in [-0.05, 0) is 55.8 Å². The molecule has 2 amide bonds. The van der Waals surface area contributed by atoms with E-state index in [0.717, 1.165) is 45.6 Å². The molecule has 3 aromatic carbocycles. The third-order valence-electron chi connectivity index (χ3n) is 7.50. The fourth-order valence-electron chi connectivity index (χ4n) is 5.12. The van der Waals surface area contributed by atoms with E-state index >= 15 is 0 Å². The highest BCUT2D eigenvalue weighted by molar-refractivity contribution is 6.33. The van der Waals surface area contributed by atoms with Crippen LogP contribution < -0.4 is 5.32 Å². The van der Waals surface area contributed by atoms with E-state index in [1.165, 1.54) is 18.2 Å². The summed E-state index contributed by atoms with van der Waals surface area (Å²) in [5.41, 5.74) is 3.18. The first kappa shape index (κ1) is 29.6. The summed E-state index contributed by atoms with van der Waals surface area (Å²) in [7, 11) is 3.46. The molecule has 1 saturated heterocycles. The van der Waals surface area contributed by atoms with Gasteiger partial charge in [-0.2, -0.15) is 0 Å². The van der Waals surface area contributed by atoms with Gasteiger partial charge in [-0.1, -0.05) is 72.3 Å². The van der Waals surface area contributed by atoms with Crippen molar-refractivity contribution in [1.82, 2.24) is 14.7 Å². The number of ether oxygens (including phenoxy) is 1. The lowest BCUT2D eigenvalue weighted by Crippen LogP contribution is -2.45. The number of methoxy groups -OCH3 is 1. The maximum absolute atomic E-state index is 13.6. The van der Waals surface area contributed by atoms with Gasteiger partial charge in [0.05, 0.1) is 17.7 Å². The van der Waals surface area contributed by atoms with E-state index < -0.39 is 5.97 Å². The lowest BCUT2D eigenvalue weighted by molar-refractivity contribution is 0.0601. The second-order valence-corrected chi connectivity index (χ2v) is 10.7. The van der Waals surface area contributed by atoms with Crippen molar-refractivity contribution in [3.63, 3.8) is 0 Å². The van der Waals surface area contributed by atoms with Crippen LogP contribution in [0.4, 0.5) is 10.5 Å². The van der Waals surface area contributed by atoms with E-state index in [-0.39, 0.29) is 22.5 Å². The number of hydrogen-bond donors (Lipinski definition) is 1. The molecule has 0 unspecified atom stereocenters. The molecular weight excluding hydrogens is 524 g/mol. The zero-order chi connectivity index (χ0) is 28.3. The highest BCUT2D eigenvalue weighted by Crippen LogP contribution is 2.28. The van der Waals surface area contributed by atoms with E-state index in [2.05, 4.69) is 70.7 Å². The monoisotopic (exact) mass is 562 g/mol. The van der Waals surface area contributed by atoms with E-state index in [1.54, 1.807) is 18.2 Å². The number of likely N-dealkylation sites (N-methyl/N-ethyl adjacent to an activating group) is 1. The maximum atomic E-state index is 13.6. The average molecular weight is 563 g/mol. The Kier molecular flexibility index (Phi) is 11.0. The Labute approximate surface area is 242 Å². The Morgan fingerprint density at radius 3 is 2.15 bits per heavy atom. The van der Waals surface area contributed by atoms with E-state index in [0.29, 0.717) is 18.8 Å². The third-order valence-corrected chi connectivity index (χ3v) is 7.83. The number of carbonyl (C=O) groups is 2. The molecule has 3 aromatic rings. The van der Waals surface area contributed by atoms with Gasteiger partial charge in [0.25, 0.3) is 0 Å². The van der Waals surface area contributed by atoms with Crippen LogP contribution in [0.15, 0.2) is 78.9 Å². The van der Waals surface area contributed by atoms with Crippen molar-refractivity contribution in [2.45, 2.75) is 18.8 Å². The van der Waals surface area contributed by atoms with Gasteiger partial charge in [0, 0.05) is 50.9 Å². The van der Waals surface area contributed by atoms with Crippen LogP contribution in [0, 0.1) is 0 Å². The number of nitrogens with zero attached hydrogens (tertiary/aromatic N) is 3. The van der Waals surface area contributed by atoms with Crippen LogP contribution in [-0.2, 0) is 4.74 Å². The van der Waals surface area contributed by atoms with Gasteiger partial charge >= 0.3 is 12.0 Å². The molecule has 40 heavy (non-hydrogen) atoms. The number of anilines is 1.